The lowest BCUT2D eigenvalue weighted by Gasteiger charge is -2.09. The maximum absolute atomic E-state index is 10.9. The van der Waals surface area contributed by atoms with Crippen molar-refractivity contribution in [1.82, 2.24) is 0 Å². The summed E-state index contributed by atoms with van der Waals surface area (Å²) in [5.74, 6) is -1.03. The largest absolute Gasteiger partial charge is 0.497 e. The Bertz CT molecular complexity index is 415. The van der Waals surface area contributed by atoms with Crippen LogP contribution in [0.25, 0.3) is 0 Å². The average molecular weight is 270 g/mol. The number of ether oxygens (including phenoxy) is 1. The number of carboxylic acids is 2. The summed E-state index contributed by atoms with van der Waals surface area (Å²) in [7, 11) is 1.57. The van der Waals surface area contributed by atoms with Gasteiger partial charge >= 0.3 is 11.9 Å². The Morgan fingerprint density at radius 2 is 1.89 bits per heavy atom. The second kappa shape index (κ2) is 6.90. The van der Waals surface area contributed by atoms with E-state index >= 15 is 0 Å². The standard InChI is InChI=1S/C12H14O5S/c1-17-9-4-2-8(3-5-9)7-18-10(12(15)16)6-11(13)14/h2-5,10H,6-7H2,1H3,(H,13,14)(H,15,16)/t10-/m1/s1. The Hall–Kier alpha value is -1.69. The van der Waals surface area contributed by atoms with Gasteiger partial charge in [0.2, 0.25) is 0 Å². The molecule has 5 nitrogen and oxygen atoms in total. The minimum Gasteiger partial charge on any atom is -0.497 e. The van der Waals surface area contributed by atoms with Crippen LogP contribution in [0.15, 0.2) is 24.3 Å². The number of carboxylic acid groups (broad SMARTS) is 2. The highest BCUT2D eigenvalue weighted by Gasteiger charge is 2.21. The van der Waals surface area contributed by atoms with E-state index in [1.807, 2.05) is 12.1 Å². The van der Waals surface area contributed by atoms with Crippen LogP contribution in [0, 0.1) is 0 Å². The van der Waals surface area contributed by atoms with E-state index in [4.69, 9.17) is 14.9 Å². The van der Waals surface area contributed by atoms with Crippen molar-refractivity contribution in [2.45, 2.75) is 17.4 Å². The van der Waals surface area contributed by atoms with E-state index in [1.54, 1.807) is 19.2 Å². The molecule has 0 saturated carbocycles. The van der Waals surface area contributed by atoms with Crippen LogP contribution in [0.3, 0.4) is 0 Å². The number of thioether (sulfide) groups is 1. The third-order valence-electron chi connectivity index (χ3n) is 2.25. The van der Waals surface area contributed by atoms with Crippen LogP contribution < -0.4 is 4.74 Å². The number of aliphatic carboxylic acids is 2. The van der Waals surface area contributed by atoms with Crippen LogP contribution >= 0.6 is 11.8 Å². The molecular formula is C12H14O5S. The van der Waals surface area contributed by atoms with Crippen LogP contribution in [-0.2, 0) is 15.3 Å². The van der Waals surface area contributed by atoms with Crippen LogP contribution in [0.4, 0.5) is 0 Å². The second-order valence-electron chi connectivity index (χ2n) is 3.58. The maximum atomic E-state index is 10.9. The van der Waals surface area contributed by atoms with Crippen molar-refractivity contribution >= 4 is 23.7 Å². The second-order valence-corrected chi connectivity index (χ2v) is 4.77. The maximum Gasteiger partial charge on any atom is 0.317 e. The molecule has 0 unspecified atom stereocenters. The third kappa shape index (κ3) is 4.67. The number of carbonyl (C=O) groups is 2. The predicted molar refractivity (Wildman–Crippen MR) is 68.0 cm³/mol. The lowest BCUT2D eigenvalue weighted by molar-refractivity contribution is -0.142. The molecule has 1 atom stereocenters. The summed E-state index contributed by atoms with van der Waals surface area (Å²) in [6, 6.07) is 7.21. The first-order valence-corrected chi connectivity index (χ1v) is 6.27. The number of benzene rings is 1. The van der Waals surface area contributed by atoms with Gasteiger partial charge < -0.3 is 14.9 Å². The zero-order chi connectivity index (χ0) is 13.5. The van der Waals surface area contributed by atoms with Crippen LogP contribution in [0.1, 0.15) is 12.0 Å². The molecule has 1 aromatic rings. The highest BCUT2D eigenvalue weighted by atomic mass is 32.2. The molecule has 18 heavy (non-hydrogen) atoms. The Kier molecular flexibility index (Phi) is 5.51. The molecule has 2 N–H and O–H groups in total. The van der Waals surface area contributed by atoms with E-state index in [9.17, 15) is 9.59 Å². The normalized spacial score (nSPS) is 11.8. The average Bonchev–Trinajstić information content (AvgIpc) is 2.34. The summed E-state index contributed by atoms with van der Waals surface area (Å²) in [6.45, 7) is 0. The van der Waals surface area contributed by atoms with Gasteiger partial charge in [-0.05, 0) is 17.7 Å². The van der Waals surface area contributed by atoms with E-state index in [0.29, 0.717) is 5.75 Å². The fourth-order valence-corrected chi connectivity index (χ4v) is 2.28. The van der Waals surface area contributed by atoms with Crippen molar-refractivity contribution in [3.05, 3.63) is 29.8 Å². The summed E-state index contributed by atoms with van der Waals surface area (Å²) < 4.78 is 5.01. The molecule has 0 aliphatic heterocycles. The van der Waals surface area contributed by atoms with Crippen LogP contribution in [0.2, 0.25) is 0 Å². The number of rotatable bonds is 7. The number of hydrogen-bond acceptors (Lipinski definition) is 4. The van der Waals surface area contributed by atoms with Crippen molar-refractivity contribution in [2.24, 2.45) is 0 Å². The fraction of sp³-hybridized carbons (Fsp3) is 0.333. The van der Waals surface area contributed by atoms with Gasteiger partial charge in [0, 0.05) is 5.75 Å². The number of methoxy groups -OCH3 is 1. The molecule has 0 aliphatic carbocycles. The van der Waals surface area contributed by atoms with Gasteiger partial charge in [-0.25, -0.2) is 0 Å². The molecule has 0 aliphatic rings. The van der Waals surface area contributed by atoms with Gasteiger partial charge in [-0.3, -0.25) is 9.59 Å². The first-order valence-electron chi connectivity index (χ1n) is 5.22. The molecule has 0 saturated heterocycles. The Labute approximate surface area is 109 Å². The van der Waals surface area contributed by atoms with Gasteiger partial charge in [0.1, 0.15) is 11.0 Å². The van der Waals surface area contributed by atoms with Crippen molar-refractivity contribution in [3.63, 3.8) is 0 Å². The molecule has 0 amide bonds. The van der Waals surface area contributed by atoms with E-state index in [1.165, 1.54) is 0 Å². The molecule has 0 radical (unpaired) electrons. The van der Waals surface area contributed by atoms with Crippen LogP contribution in [-0.4, -0.2) is 34.5 Å². The molecule has 0 fully saturated rings. The minimum atomic E-state index is -1.11. The smallest absolute Gasteiger partial charge is 0.317 e. The van der Waals surface area contributed by atoms with Crippen molar-refractivity contribution < 1.29 is 24.5 Å². The molecule has 1 aromatic carbocycles. The summed E-state index contributed by atoms with van der Waals surface area (Å²) in [5.41, 5.74) is 0.928. The van der Waals surface area contributed by atoms with Crippen molar-refractivity contribution in [3.8, 4) is 5.75 Å². The van der Waals surface area contributed by atoms with Gasteiger partial charge in [0.15, 0.2) is 0 Å². The third-order valence-corrected chi connectivity index (χ3v) is 3.52. The molecular weight excluding hydrogens is 256 g/mol. The minimum absolute atomic E-state index is 0.379. The lowest BCUT2D eigenvalue weighted by atomic mass is 10.2. The van der Waals surface area contributed by atoms with Crippen molar-refractivity contribution in [1.29, 1.82) is 0 Å². The Morgan fingerprint density at radius 3 is 2.33 bits per heavy atom. The molecule has 0 bridgehead atoms. The molecule has 6 heteroatoms. The molecule has 0 spiro atoms. The summed E-state index contributed by atoms with van der Waals surface area (Å²) in [6.07, 6.45) is -0.379. The topological polar surface area (TPSA) is 83.8 Å². The molecule has 0 aromatic heterocycles. The number of hydrogen-bond donors (Lipinski definition) is 2. The van der Waals surface area contributed by atoms with E-state index in [0.717, 1.165) is 23.1 Å². The fourth-order valence-electron chi connectivity index (χ4n) is 1.29. The predicted octanol–water partition coefficient (Wildman–Crippen LogP) is 1.86. The summed E-state index contributed by atoms with van der Waals surface area (Å²) in [5, 5.41) is 16.6. The van der Waals surface area contributed by atoms with Gasteiger partial charge in [-0.15, -0.1) is 11.8 Å². The van der Waals surface area contributed by atoms with Crippen molar-refractivity contribution in [2.75, 3.05) is 7.11 Å². The Morgan fingerprint density at radius 1 is 1.28 bits per heavy atom. The van der Waals surface area contributed by atoms with E-state index < -0.39 is 17.2 Å². The molecule has 98 valence electrons. The van der Waals surface area contributed by atoms with Gasteiger partial charge in [0.05, 0.1) is 13.5 Å². The monoisotopic (exact) mass is 270 g/mol. The zero-order valence-electron chi connectivity index (χ0n) is 9.83. The molecule has 0 heterocycles. The quantitative estimate of drug-likeness (QED) is 0.786. The summed E-state index contributed by atoms with van der Waals surface area (Å²) in [4.78, 5) is 21.4. The van der Waals surface area contributed by atoms with Gasteiger partial charge in [-0.2, -0.15) is 0 Å². The molecule has 1 rings (SSSR count). The zero-order valence-corrected chi connectivity index (χ0v) is 10.6. The highest BCUT2D eigenvalue weighted by molar-refractivity contribution is 7.99. The first kappa shape index (κ1) is 14.4. The Balaban J connectivity index is 2.55. The van der Waals surface area contributed by atoms with Gasteiger partial charge in [-0.1, -0.05) is 12.1 Å². The van der Waals surface area contributed by atoms with E-state index in [2.05, 4.69) is 0 Å². The summed E-state index contributed by atoms with van der Waals surface area (Å²) >= 11 is 1.10. The highest BCUT2D eigenvalue weighted by Crippen LogP contribution is 2.22. The van der Waals surface area contributed by atoms with E-state index in [-0.39, 0.29) is 6.42 Å². The van der Waals surface area contributed by atoms with Crippen LogP contribution in [0.5, 0.6) is 5.75 Å². The lowest BCUT2D eigenvalue weighted by Crippen LogP contribution is -2.20. The first-order chi connectivity index (χ1) is 8.52. The SMILES string of the molecule is COc1ccc(CS[C@H](CC(=O)O)C(=O)O)cc1. The van der Waals surface area contributed by atoms with Gasteiger partial charge in [0.25, 0.3) is 0 Å².